The molecule has 96 valence electrons. The average Bonchev–Trinajstić information content (AvgIpc) is 2.31. The summed E-state index contributed by atoms with van der Waals surface area (Å²) < 4.78 is 7.07. The fraction of sp³-hybridized carbons (Fsp3) is 0.615. The lowest BCUT2D eigenvalue weighted by atomic mass is 10.3. The van der Waals surface area contributed by atoms with E-state index in [1.54, 1.807) is 10.6 Å². The molecule has 0 amide bonds. The van der Waals surface area contributed by atoms with Gasteiger partial charge >= 0.3 is 0 Å². The highest BCUT2D eigenvalue weighted by Gasteiger charge is 2.03. The summed E-state index contributed by atoms with van der Waals surface area (Å²) in [7, 11) is 0. The fourth-order valence-electron chi connectivity index (χ4n) is 1.65. The SMILES string of the molecule is CCCn1cc(NC(C)COCC)ccc1=O. The average molecular weight is 238 g/mol. The number of aromatic nitrogens is 1. The van der Waals surface area contributed by atoms with Crippen molar-refractivity contribution in [3.63, 3.8) is 0 Å². The zero-order chi connectivity index (χ0) is 12.7. The van der Waals surface area contributed by atoms with E-state index >= 15 is 0 Å². The Labute approximate surface area is 103 Å². The minimum atomic E-state index is 0.0508. The molecule has 1 aromatic heterocycles. The quantitative estimate of drug-likeness (QED) is 0.791. The summed E-state index contributed by atoms with van der Waals surface area (Å²) in [6.07, 6.45) is 2.83. The minimum absolute atomic E-state index is 0.0508. The van der Waals surface area contributed by atoms with Gasteiger partial charge in [0.2, 0.25) is 0 Å². The molecule has 0 fully saturated rings. The summed E-state index contributed by atoms with van der Waals surface area (Å²) >= 11 is 0. The van der Waals surface area contributed by atoms with Gasteiger partial charge in [-0.25, -0.2) is 0 Å². The van der Waals surface area contributed by atoms with E-state index in [0.29, 0.717) is 6.61 Å². The van der Waals surface area contributed by atoms with Crippen LogP contribution in [0.4, 0.5) is 5.69 Å². The normalized spacial score (nSPS) is 12.4. The highest BCUT2D eigenvalue weighted by Crippen LogP contribution is 2.06. The van der Waals surface area contributed by atoms with Crippen molar-refractivity contribution in [2.45, 2.75) is 39.8 Å². The van der Waals surface area contributed by atoms with E-state index in [2.05, 4.69) is 19.2 Å². The van der Waals surface area contributed by atoms with Gasteiger partial charge in [-0.2, -0.15) is 0 Å². The first-order valence-electron chi connectivity index (χ1n) is 6.22. The number of rotatable bonds is 7. The fourth-order valence-corrected chi connectivity index (χ4v) is 1.65. The monoisotopic (exact) mass is 238 g/mol. The molecule has 4 nitrogen and oxygen atoms in total. The van der Waals surface area contributed by atoms with Gasteiger partial charge in [0.15, 0.2) is 0 Å². The van der Waals surface area contributed by atoms with Crippen LogP contribution in [0.5, 0.6) is 0 Å². The smallest absolute Gasteiger partial charge is 0.250 e. The van der Waals surface area contributed by atoms with Gasteiger partial charge in [-0.3, -0.25) is 4.79 Å². The third-order valence-electron chi connectivity index (χ3n) is 2.43. The van der Waals surface area contributed by atoms with Crippen molar-refractivity contribution < 1.29 is 4.74 Å². The number of anilines is 1. The van der Waals surface area contributed by atoms with Gasteiger partial charge in [0, 0.05) is 31.5 Å². The van der Waals surface area contributed by atoms with Crippen LogP contribution in [0.15, 0.2) is 23.1 Å². The Kier molecular flexibility index (Phi) is 5.77. The van der Waals surface area contributed by atoms with Gasteiger partial charge in [-0.15, -0.1) is 0 Å². The number of aryl methyl sites for hydroxylation is 1. The van der Waals surface area contributed by atoms with Crippen molar-refractivity contribution >= 4 is 5.69 Å². The van der Waals surface area contributed by atoms with Crippen molar-refractivity contribution in [3.8, 4) is 0 Å². The largest absolute Gasteiger partial charge is 0.380 e. The Hall–Kier alpha value is -1.29. The topological polar surface area (TPSA) is 43.3 Å². The molecule has 0 saturated carbocycles. The third kappa shape index (κ3) is 4.61. The van der Waals surface area contributed by atoms with Crippen molar-refractivity contribution in [3.05, 3.63) is 28.7 Å². The summed E-state index contributed by atoms with van der Waals surface area (Å²) in [6.45, 7) is 8.25. The molecule has 0 saturated heterocycles. The summed E-state index contributed by atoms with van der Waals surface area (Å²) in [6, 6.07) is 3.66. The van der Waals surface area contributed by atoms with Crippen LogP contribution in [-0.4, -0.2) is 23.8 Å². The molecule has 0 aliphatic carbocycles. The van der Waals surface area contributed by atoms with E-state index in [-0.39, 0.29) is 11.6 Å². The molecule has 1 aromatic rings. The van der Waals surface area contributed by atoms with Crippen molar-refractivity contribution in [2.75, 3.05) is 18.5 Å². The molecule has 4 heteroatoms. The number of hydrogen-bond donors (Lipinski definition) is 1. The van der Waals surface area contributed by atoms with Gasteiger partial charge in [-0.1, -0.05) is 6.92 Å². The molecular formula is C13H22N2O2. The lowest BCUT2D eigenvalue weighted by molar-refractivity contribution is 0.141. The zero-order valence-corrected chi connectivity index (χ0v) is 10.9. The van der Waals surface area contributed by atoms with Crippen LogP contribution < -0.4 is 10.9 Å². The van der Waals surface area contributed by atoms with Crippen LogP contribution in [0, 0.1) is 0 Å². The first kappa shape index (κ1) is 13.8. The van der Waals surface area contributed by atoms with E-state index in [4.69, 9.17) is 4.74 Å². The number of pyridine rings is 1. The van der Waals surface area contributed by atoms with Crippen LogP contribution in [0.1, 0.15) is 27.2 Å². The molecule has 1 rings (SSSR count). The molecule has 17 heavy (non-hydrogen) atoms. The standard InChI is InChI=1S/C13H22N2O2/c1-4-8-15-9-12(6-7-13(15)16)14-11(3)10-17-5-2/h6-7,9,11,14H,4-5,8,10H2,1-3H3. The van der Waals surface area contributed by atoms with Gasteiger partial charge in [-0.05, 0) is 26.3 Å². The maximum Gasteiger partial charge on any atom is 0.250 e. The third-order valence-corrected chi connectivity index (χ3v) is 2.43. The molecule has 0 radical (unpaired) electrons. The molecule has 1 atom stereocenters. The molecule has 1 N–H and O–H groups in total. The van der Waals surface area contributed by atoms with Crippen molar-refractivity contribution in [2.24, 2.45) is 0 Å². The highest BCUT2D eigenvalue weighted by molar-refractivity contribution is 5.41. The van der Waals surface area contributed by atoms with Crippen LogP contribution in [-0.2, 0) is 11.3 Å². The van der Waals surface area contributed by atoms with Crippen LogP contribution in [0.3, 0.4) is 0 Å². The Balaban J connectivity index is 2.65. The van der Waals surface area contributed by atoms with Crippen molar-refractivity contribution in [1.82, 2.24) is 4.57 Å². The van der Waals surface area contributed by atoms with Gasteiger partial charge < -0.3 is 14.6 Å². The maximum atomic E-state index is 11.5. The van der Waals surface area contributed by atoms with E-state index in [1.807, 2.05) is 19.2 Å². The summed E-state index contributed by atoms with van der Waals surface area (Å²) in [5.41, 5.74) is 1.01. The molecule has 0 aliphatic rings. The lowest BCUT2D eigenvalue weighted by Gasteiger charge is -2.16. The highest BCUT2D eigenvalue weighted by atomic mass is 16.5. The van der Waals surface area contributed by atoms with E-state index in [0.717, 1.165) is 25.3 Å². The van der Waals surface area contributed by atoms with E-state index < -0.39 is 0 Å². The van der Waals surface area contributed by atoms with Crippen LogP contribution in [0.25, 0.3) is 0 Å². The first-order valence-corrected chi connectivity index (χ1v) is 6.22. The second-order valence-electron chi connectivity index (χ2n) is 4.15. The first-order chi connectivity index (χ1) is 8.17. The molecule has 0 bridgehead atoms. The number of ether oxygens (including phenoxy) is 1. The van der Waals surface area contributed by atoms with Crippen LogP contribution in [0.2, 0.25) is 0 Å². The summed E-state index contributed by atoms with van der Waals surface area (Å²) in [5, 5.41) is 3.32. The molecular weight excluding hydrogens is 216 g/mol. The maximum absolute atomic E-state index is 11.5. The Bertz CT molecular complexity index is 387. The van der Waals surface area contributed by atoms with Gasteiger partial charge in [0.05, 0.1) is 12.3 Å². The molecule has 0 spiro atoms. The summed E-state index contributed by atoms with van der Waals surface area (Å²) in [4.78, 5) is 11.5. The zero-order valence-electron chi connectivity index (χ0n) is 10.9. The van der Waals surface area contributed by atoms with Gasteiger partial charge in [0.1, 0.15) is 0 Å². The number of hydrogen-bond acceptors (Lipinski definition) is 3. The molecule has 0 aliphatic heterocycles. The number of nitrogens with one attached hydrogen (secondary N) is 1. The lowest BCUT2D eigenvalue weighted by Crippen LogP contribution is -2.24. The molecule has 0 aromatic carbocycles. The Morgan fingerprint density at radius 1 is 1.41 bits per heavy atom. The van der Waals surface area contributed by atoms with E-state index in [1.165, 1.54) is 0 Å². The minimum Gasteiger partial charge on any atom is -0.380 e. The second-order valence-corrected chi connectivity index (χ2v) is 4.15. The predicted octanol–water partition coefficient (Wildman–Crippen LogP) is 2.10. The molecule has 1 heterocycles. The van der Waals surface area contributed by atoms with Crippen LogP contribution >= 0.6 is 0 Å². The molecule has 1 unspecified atom stereocenters. The van der Waals surface area contributed by atoms with Gasteiger partial charge in [0.25, 0.3) is 5.56 Å². The van der Waals surface area contributed by atoms with Crippen molar-refractivity contribution in [1.29, 1.82) is 0 Å². The number of nitrogens with zero attached hydrogens (tertiary/aromatic N) is 1. The Morgan fingerprint density at radius 3 is 2.82 bits per heavy atom. The predicted molar refractivity (Wildman–Crippen MR) is 70.6 cm³/mol. The Morgan fingerprint density at radius 2 is 2.18 bits per heavy atom. The summed E-state index contributed by atoms with van der Waals surface area (Å²) in [5.74, 6) is 0. The second kappa shape index (κ2) is 7.12. The van der Waals surface area contributed by atoms with E-state index in [9.17, 15) is 4.79 Å².